The van der Waals surface area contributed by atoms with Crippen molar-refractivity contribution in [1.29, 1.82) is 0 Å². The second kappa shape index (κ2) is 12.3. The first-order chi connectivity index (χ1) is 12.0. The molecule has 0 fully saturated rings. The lowest BCUT2D eigenvalue weighted by Gasteiger charge is -2.17. The second-order valence-electron chi connectivity index (χ2n) is 6.43. The van der Waals surface area contributed by atoms with E-state index in [1.807, 2.05) is 24.3 Å². The molecule has 0 spiro atoms. The third-order valence-electron chi connectivity index (χ3n) is 3.91. The van der Waals surface area contributed by atoms with Crippen LogP contribution >= 0.6 is 0 Å². The van der Waals surface area contributed by atoms with E-state index in [1.54, 1.807) is 0 Å². The van der Waals surface area contributed by atoms with Gasteiger partial charge in [-0.25, -0.2) is 0 Å². The summed E-state index contributed by atoms with van der Waals surface area (Å²) in [5.41, 5.74) is 2.04. The lowest BCUT2D eigenvalue weighted by Crippen LogP contribution is -2.42. The second-order valence-corrected chi connectivity index (χ2v) is 6.43. The minimum Gasteiger partial charge on any atom is -0.357 e. The Balaban J connectivity index is 2.47. The molecule has 0 radical (unpaired) electrons. The Kier molecular flexibility index (Phi) is 10.4. The maximum atomic E-state index is 11.0. The van der Waals surface area contributed by atoms with E-state index in [2.05, 4.69) is 41.7 Å². The van der Waals surface area contributed by atoms with Crippen LogP contribution in [0.3, 0.4) is 0 Å². The number of hydrogen-bond donors (Lipinski definition) is 3. The van der Waals surface area contributed by atoms with E-state index in [4.69, 9.17) is 0 Å². The van der Waals surface area contributed by atoms with Crippen molar-refractivity contribution in [2.75, 3.05) is 18.4 Å². The van der Waals surface area contributed by atoms with Crippen molar-refractivity contribution in [3.8, 4) is 0 Å². The quantitative estimate of drug-likeness (QED) is 0.344. The highest BCUT2D eigenvalue weighted by Crippen LogP contribution is 2.10. The van der Waals surface area contributed by atoms with Crippen LogP contribution in [0.15, 0.2) is 29.3 Å². The average molecular weight is 347 g/mol. The average Bonchev–Trinajstić information content (AvgIpc) is 2.56. The van der Waals surface area contributed by atoms with Gasteiger partial charge in [-0.2, -0.15) is 0 Å². The van der Waals surface area contributed by atoms with E-state index in [1.165, 1.54) is 38.2 Å². The number of amides is 1. The van der Waals surface area contributed by atoms with Gasteiger partial charge in [0.25, 0.3) is 0 Å². The van der Waals surface area contributed by atoms with Crippen LogP contribution in [0.4, 0.5) is 5.69 Å². The molecule has 5 heteroatoms. The number of carbonyl (C=O) groups is 1. The highest BCUT2D eigenvalue weighted by molar-refractivity contribution is 5.88. The highest BCUT2D eigenvalue weighted by atomic mass is 16.1. The highest BCUT2D eigenvalue weighted by Gasteiger charge is 2.04. The summed E-state index contributed by atoms with van der Waals surface area (Å²) in [6, 6.07) is 8.36. The van der Waals surface area contributed by atoms with Crippen LogP contribution in [0.2, 0.25) is 0 Å². The Bertz CT molecular complexity index is 525. The molecule has 0 aromatic heterocycles. The van der Waals surface area contributed by atoms with Crippen molar-refractivity contribution in [2.24, 2.45) is 4.99 Å². The summed E-state index contributed by atoms with van der Waals surface area (Å²) in [6.07, 6.45) is 5.84. The fraction of sp³-hybridized carbons (Fsp3) is 0.600. The van der Waals surface area contributed by atoms with Gasteiger partial charge in [-0.15, -0.1) is 0 Å². The fourth-order valence-electron chi connectivity index (χ4n) is 2.58. The molecule has 0 aliphatic carbocycles. The van der Waals surface area contributed by atoms with Crippen molar-refractivity contribution in [1.82, 2.24) is 10.6 Å². The Morgan fingerprint density at radius 1 is 1.16 bits per heavy atom. The largest absolute Gasteiger partial charge is 0.357 e. The summed E-state index contributed by atoms with van der Waals surface area (Å²) in [4.78, 5) is 15.7. The standard InChI is InChI=1S/C20H34N4O/c1-5-7-8-9-16(3)23-20(21-6-2)22-15-14-18-10-12-19(13-11-18)24-17(4)25/h10-13,16H,5-9,14-15H2,1-4H3,(H,24,25)(H2,21,22,23). The van der Waals surface area contributed by atoms with Crippen LogP contribution in [-0.4, -0.2) is 31.0 Å². The smallest absolute Gasteiger partial charge is 0.221 e. The molecule has 0 aliphatic heterocycles. The van der Waals surface area contributed by atoms with Gasteiger partial charge in [-0.3, -0.25) is 9.79 Å². The first-order valence-electron chi connectivity index (χ1n) is 9.46. The molecule has 140 valence electrons. The minimum absolute atomic E-state index is 0.0493. The molecule has 1 rings (SSSR count). The summed E-state index contributed by atoms with van der Waals surface area (Å²) in [7, 11) is 0. The van der Waals surface area contributed by atoms with Gasteiger partial charge in [0.2, 0.25) is 5.91 Å². The Labute approximate surface area is 152 Å². The Morgan fingerprint density at radius 3 is 2.48 bits per heavy atom. The molecule has 1 amide bonds. The molecule has 3 N–H and O–H groups in total. The number of aliphatic imine (C=N–C) groups is 1. The first-order valence-corrected chi connectivity index (χ1v) is 9.46. The van der Waals surface area contributed by atoms with Crippen molar-refractivity contribution in [3.63, 3.8) is 0 Å². The fourth-order valence-corrected chi connectivity index (χ4v) is 2.58. The molecule has 0 aliphatic rings. The maximum Gasteiger partial charge on any atom is 0.221 e. The molecular weight excluding hydrogens is 312 g/mol. The van der Waals surface area contributed by atoms with E-state index in [9.17, 15) is 4.79 Å². The van der Waals surface area contributed by atoms with E-state index < -0.39 is 0 Å². The third-order valence-corrected chi connectivity index (χ3v) is 3.91. The van der Waals surface area contributed by atoms with Crippen molar-refractivity contribution >= 4 is 17.6 Å². The number of guanidine groups is 1. The summed E-state index contributed by atoms with van der Waals surface area (Å²) >= 11 is 0. The van der Waals surface area contributed by atoms with E-state index in [0.717, 1.165) is 31.2 Å². The molecule has 0 saturated heterocycles. The number of carbonyl (C=O) groups excluding carboxylic acids is 1. The SMILES string of the molecule is CCCCCC(C)NC(=NCCc1ccc(NC(C)=O)cc1)NCC. The molecule has 5 nitrogen and oxygen atoms in total. The molecule has 0 heterocycles. The molecule has 1 aromatic carbocycles. The lowest BCUT2D eigenvalue weighted by molar-refractivity contribution is -0.114. The molecule has 1 unspecified atom stereocenters. The summed E-state index contributed by atoms with van der Waals surface area (Å²) in [5, 5.41) is 9.58. The van der Waals surface area contributed by atoms with Gasteiger partial charge in [-0.05, 0) is 44.4 Å². The predicted octanol–water partition coefficient (Wildman–Crippen LogP) is 3.71. The third kappa shape index (κ3) is 9.75. The van der Waals surface area contributed by atoms with Gasteiger partial charge >= 0.3 is 0 Å². The van der Waals surface area contributed by atoms with Crippen LogP contribution < -0.4 is 16.0 Å². The van der Waals surface area contributed by atoms with E-state index >= 15 is 0 Å². The topological polar surface area (TPSA) is 65.5 Å². The summed E-state index contributed by atoms with van der Waals surface area (Å²) < 4.78 is 0. The zero-order valence-corrected chi connectivity index (χ0v) is 16.2. The van der Waals surface area contributed by atoms with E-state index in [0.29, 0.717) is 6.04 Å². The van der Waals surface area contributed by atoms with Gasteiger partial charge in [0.05, 0.1) is 0 Å². The molecule has 0 saturated carbocycles. The Hall–Kier alpha value is -2.04. The minimum atomic E-state index is -0.0493. The number of benzene rings is 1. The summed E-state index contributed by atoms with van der Waals surface area (Å²) in [5.74, 6) is 0.841. The van der Waals surface area contributed by atoms with Gasteiger partial charge < -0.3 is 16.0 Å². The molecule has 0 bridgehead atoms. The lowest BCUT2D eigenvalue weighted by atomic mass is 10.1. The number of hydrogen-bond acceptors (Lipinski definition) is 2. The summed E-state index contributed by atoms with van der Waals surface area (Å²) in [6.45, 7) is 9.63. The van der Waals surface area contributed by atoms with Gasteiger partial charge in [0.1, 0.15) is 0 Å². The number of rotatable bonds is 10. The van der Waals surface area contributed by atoms with Crippen LogP contribution in [-0.2, 0) is 11.2 Å². The van der Waals surface area contributed by atoms with Crippen molar-refractivity contribution in [3.05, 3.63) is 29.8 Å². The predicted molar refractivity (Wildman–Crippen MR) is 107 cm³/mol. The Morgan fingerprint density at radius 2 is 1.88 bits per heavy atom. The maximum absolute atomic E-state index is 11.0. The van der Waals surface area contributed by atoms with Crippen LogP contribution in [0, 0.1) is 0 Å². The monoisotopic (exact) mass is 346 g/mol. The number of nitrogens with one attached hydrogen (secondary N) is 3. The van der Waals surface area contributed by atoms with Gasteiger partial charge in [0, 0.05) is 31.7 Å². The zero-order chi connectivity index (χ0) is 18.5. The normalized spacial score (nSPS) is 12.6. The van der Waals surface area contributed by atoms with Crippen molar-refractivity contribution in [2.45, 2.75) is 65.8 Å². The molecule has 1 atom stereocenters. The van der Waals surface area contributed by atoms with Crippen LogP contribution in [0.25, 0.3) is 0 Å². The number of nitrogens with zero attached hydrogens (tertiary/aromatic N) is 1. The van der Waals surface area contributed by atoms with E-state index in [-0.39, 0.29) is 5.91 Å². The molecule has 1 aromatic rings. The molecule has 25 heavy (non-hydrogen) atoms. The van der Waals surface area contributed by atoms with Crippen molar-refractivity contribution < 1.29 is 4.79 Å². The first kappa shape index (κ1) is 21.0. The molecular formula is C20H34N4O. The zero-order valence-electron chi connectivity index (χ0n) is 16.2. The number of unbranched alkanes of at least 4 members (excludes halogenated alkanes) is 2. The van der Waals surface area contributed by atoms with Crippen LogP contribution in [0.1, 0.15) is 58.9 Å². The number of anilines is 1. The van der Waals surface area contributed by atoms with Gasteiger partial charge in [0.15, 0.2) is 5.96 Å². The van der Waals surface area contributed by atoms with Gasteiger partial charge in [-0.1, -0.05) is 38.3 Å². The van der Waals surface area contributed by atoms with Crippen LogP contribution in [0.5, 0.6) is 0 Å².